The number of carboxylic acids is 2. The number of carbonyl (C=O) groups is 3. The summed E-state index contributed by atoms with van der Waals surface area (Å²) in [5, 5.41) is 24.5. The second-order valence-electron chi connectivity index (χ2n) is 19.1. The molecule has 0 spiro atoms. The standard InChI is InChI=1S/C57H106N2O5/c1-2-3-4-5-6-7-8-9-10-16-21-26-31-36-41-46-51-58-54(48-43-38-33-28-23-18-13-11-14-19-24-29-34-39-44-49-56(61)62)53-55(60)59-52-47-42-37-32-27-22-17-12-15-20-25-30-35-40-45-50-57(63)64/h9-12,14-15,54,58H,2-8,13,16-53H2,1H3,(H,59,60)(H,61,62)(H,63,64). The van der Waals surface area contributed by atoms with Crippen LogP contribution >= 0.6 is 0 Å². The number of aliphatic carboxylic acids is 2. The fourth-order valence-corrected chi connectivity index (χ4v) is 8.54. The first-order valence-electron chi connectivity index (χ1n) is 27.8. The Bertz CT molecular complexity index is 1090. The van der Waals surface area contributed by atoms with Crippen molar-refractivity contribution in [2.24, 2.45) is 0 Å². The molecule has 0 aromatic rings. The number of hydrogen-bond acceptors (Lipinski definition) is 4. The number of allylic oxidation sites excluding steroid dienone is 6. The van der Waals surface area contributed by atoms with Crippen molar-refractivity contribution in [3.8, 4) is 0 Å². The minimum atomic E-state index is -0.679. The predicted molar refractivity (Wildman–Crippen MR) is 276 cm³/mol. The Kier molecular flexibility index (Phi) is 51.2. The third-order valence-corrected chi connectivity index (χ3v) is 12.7. The van der Waals surface area contributed by atoms with Crippen LogP contribution in [-0.4, -0.2) is 47.2 Å². The van der Waals surface area contributed by atoms with Crippen LogP contribution in [0.15, 0.2) is 36.5 Å². The molecule has 0 bridgehead atoms. The van der Waals surface area contributed by atoms with E-state index in [4.69, 9.17) is 10.2 Å². The summed E-state index contributed by atoms with van der Waals surface area (Å²) in [7, 11) is 0. The lowest BCUT2D eigenvalue weighted by Gasteiger charge is -2.19. The molecule has 0 heterocycles. The zero-order valence-electron chi connectivity index (χ0n) is 42.2. The number of nitrogens with one attached hydrogen (secondary N) is 2. The molecule has 64 heavy (non-hydrogen) atoms. The topological polar surface area (TPSA) is 116 Å². The molecule has 0 saturated heterocycles. The molecular weight excluding hydrogens is 793 g/mol. The lowest BCUT2D eigenvalue weighted by Crippen LogP contribution is -2.36. The maximum atomic E-state index is 13.0. The van der Waals surface area contributed by atoms with Gasteiger partial charge in [-0.1, -0.05) is 197 Å². The Morgan fingerprint density at radius 3 is 1.03 bits per heavy atom. The number of hydrogen-bond donors (Lipinski definition) is 4. The molecule has 0 aliphatic heterocycles. The quantitative estimate of drug-likeness (QED) is 0.0357. The molecule has 7 heteroatoms. The highest BCUT2D eigenvalue weighted by atomic mass is 16.4. The molecule has 0 rings (SSSR count). The fourth-order valence-electron chi connectivity index (χ4n) is 8.54. The second-order valence-corrected chi connectivity index (χ2v) is 19.1. The fraction of sp³-hybridized carbons (Fsp3) is 0.842. The molecule has 0 saturated carbocycles. The van der Waals surface area contributed by atoms with Crippen LogP contribution in [0.2, 0.25) is 0 Å². The summed E-state index contributed by atoms with van der Waals surface area (Å²) in [4.78, 5) is 34.2. The summed E-state index contributed by atoms with van der Waals surface area (Å²) >= 11 is 0. The lowest BCUT2D eigenvalue weighted by atomic mass is 10.0. The van der Waals surface area contributed by atoms with E-state index in [1.54, 1.807) is 0 Å². The molecular formula is C57H106N2O5. The van der Waals surface area contributed by atoms with Crippen molar-refractivity contribution >= 4 is 17.8 Å². The summed E-state index contributed by atoms with van der Waals surface area (Å²) in [6.45, 7) is 4.10. The van der Waals surface area contributed by atoms with E-state index in [0.29, 0.717) is 19.3 Å². The van der Waals surface area contributed by atoms with E-state index in [2.05, 4.69) is 54.0 Å². The summed E-state index contributed by atoms with van der Waals surface area (Å²) in [6.07, 6.45) is 65.4. The zero-order valence-corrected chi connectivity index (χ0v) is 42.2. The Morgan fingerprint density at radius 1 is 0.375 bits per heavy atom. The largest absolute Gasteiger partial charge is 0.481 e. The van der Waals surface area contributed by atoms with Crippen molar-refractivity contribution in [3.05, 3.63) is 36.5 Å². The highest BCUT2D eigenvalue weighted by Crippen LogP contribution is 2.15. The Hall–Kier alpha value is -2.41. The number of carboxylic acid groups (broad SMARTS) is 2. The van der Waals surface area contributed by atoms with Gasteiger partial charge in [-0.25, -0.2) is 0 Å². The van der Waals surface area contributed by atoms with Crippen LogP contribution < -0.4 is 10.6 Å². The highest BCUT2D eigenvalue weighted by molar-refractivity contribution is 5.76. The molecule has 0 radical (unpaired) electrons. The van der Waals surface area contributed by atoms with E-state index < -0.39 is 11.9 Å². The van der Waals surface area contributed by atoms with Crippen molar-refractivity contribution in [3.63, 3.8) is 0 Å². The molecule has 0 aliphatic rings. The van der Waals surface area contributed by atoms with Crippen molar-refractivity contribution in [1.29, 1.82) is 0 Å². The second kappa shape index (κ2) is 53.2. The minimum absolute atomic E-state index is 0.215. The number of unbranched alkanes of at least 4 members (excludes halogenated alkanes) is 34. The molecule has 1 unspecified atom stereocenters. The summed E-state index contributed by atoms with van der Waals surface area (Å²) < 4.78 is 0. The Morgan fingerprint density at radius 2 is 0.672 bits per heavy atom. The monoisotopic (exact) mass is 899 g/mol. The predicted octanol–water partition coefficient (Wildman–Crippen LogP) is 17.1. The van der Waals surface area contributed by atoms with Gasteiger partial charge in [0.15, 0.2) is 0 Å². The Balaban J connectivity index is 4.18. The normalized spacial score (nSPS) is 12.3. The maximum Gasteiger partial charge on any atom is 0.303 e. The first-order valence-corrected chi connectivity index (χ1v) is 27.8. The molecule has 0 aliphatic carbocycles. The van der Waals surface area contributed by atoms with Gasteiger partial charge in [0.25, 0.3) is 0 Å². The van der Waals surface area contributed by atoms with Crippen LogP contribution in [-0.2, 0) is 14.4 Å². The average molecular weight is 899 g/mol. The van der Waals surface area contributed by atoms with Gasteiger partial charge >= 0.3 is 11.9 Å². The van der Waals surface area contributed by atoms with Gasteiger partial charge in [0.1, 0.15) is 0 Å². The molecule has 7 nitrogen and oxygen atoms in total. The van der Waals surface area contributed by atoms with Crippen LogP contribution in [0.4, 0.5) is 0 Å². The van der Waals surface area contributed by atoms with Crippen molar-refractivity contribution in [1.82, 2.24) is 10.6 Å². The summed E-state index contributed by atoms with van der Waals surface area (Å²) in [5.41, 5.74) is 0. The highest BCUT2D eigenvalue weighted by Gasteiger charge is 2.13. The average Bonchev–Trinajstić information content (AvgIpc) is 3.27. The smallest absolute Gasteiger partial charge is 0.303 e. The molecule has 1 amide bonds. The SMILES string of the molecule is CCCCCCCCC=CCCCCCCCCNC(CCCCCCCCC=CCCCCCCCC(=O)O)CC(=O)NCCCCCCCCC=CCCCCCCCC(=O)O. The Labute approximate surface area is 396 Å². The van der Waals surface area contributed by atoms with Crippen molar-refractivity contribution in [2.75, 3.05) is 13.1 Å². The van der Waals surface area contributed by atoms with Gasteiger partial charge < -0.3 is 20.8 Å². The maximum absolute atomic E-state index is 13.0. The van der Waals surface area contributed by atoms with Gasteiger partial charge in [0.2, 0.25) is 5.91 Å². The van der Waals surface area contributed by atoms with Gasteiger partial charge in [-0.3, -0.25) is 14.4 Å². The first-order chi connectivity index (χ1) is 31.5. The van der Waals surface area contributed by atoms with E-state index in [-0.39, 0.29) is 11.9 Å². The van der Waals surface area contributed by atoms with Crippen LogP contribution in [0, 0.1) is 0 Å². The van der Waals surface area contributed by atoms with Crippen molar-refractivity contribution < 1.29 is 24.6 Å². The van der Waals surface area contributed by atoms with E-state index in [1.165, 1.54) is 199 Å². The van der Waals surface area contributed by atoms with E-state index in [9.17, 15) is 14.4 Å². The van der Waals surface area contributed by atoms with E-state index in [1.807, 2.05) is 0 Å². The molecule has 0 aromatic carbocycles. The van der Waals surface area contributed by atoms with Crippen LogP contribution in [0.25, 0.3) is 0 Å². The van der Waals surface area contributed by atoms with Gasteiger partial charge in [-0.05, 0) is 116 Å². The third-order valence-electron chi connectivity index (χ3n) is 12.7. The van der Waals surface area contributed by atoms with Crippen LogP contribution in [0.1, 0.15) is 289 Å². The molecule has 0 fully saturated rings. The van der Waals surface area contributed by atoms with Crippen LogP contribution in [0.5, 0.6) is 0 Å². The van der Waals surface area contributed by atoms with Gasteiger partial charge in [0, 0.05) is 31.8 Å². The third kappa shape index (κ3) is 53.9. The minimum Gasteiger partial charge on any atom is -0.481 e. The molecule has 1 atom stereocenters. The van der Waals surface area contributed by atoms with Gasteiger partial charge in [-0.2, -0.15) is 0 Å². The number of rotatable bonds is 53. The van der Waals surface area contributed by atoms with Gasteiger partial charge in [-0.15, -0.1) is 0 Å². The zero-order chi connectivity index (χ0) is 46.5. The number of carbonyl (C=O) groups excluding carboxylic acids is 1. The van der Waals surface area contributed by atoms with Crippen LogP contribution in [0.3, 0.4) is 0 Å². The van der Waals surface area contributed by atoms with E-state index in [0.717, 1.165) is 77.3 Å². The summed E-state index contributed by atoms with van der Waals surface area (Å²) in [6, 6.07) is 0.280. The lowest BCUT2D eigenvalue weighted by molar-refractivity contribution is -0.138. The number of amides is 1. The van der Waals surface area contributed by atoms with E-state index >= 15 is 0 Å². The summed E-state index contributed by atoms with van der Waals surface area (Å²) in [5.74, 6) is -1.14. The molecule has 4 N–H and O–H groups in total. The molecule has 374 valence electrons. The van der Waals surface area contributed by atoms with Crippen molar-refractivity contribution in [2.45, 2.75) is 295 Å². The first kappa shape index (κ1) is 61.6. The van der Waals surface area contributed by atoms with Gasteiger partial charge in [0.05, 0.1) is 0 Å². The molecule has 0 aromatic heterocycles.